The predicted molar refractivity (Wildman–Crippen MR) is 86.0 cm³/mol. The Balaban J connectivity index is 2.77. The van der Waals surface area contributed by atoms with Gasteiger partial charge < -0.3 is 16.4 Å². The second-order valence-corrected chi connectivity index (χ2v) is 6.56. The van der Waals surface area contributed by atoms with Gasteiger partial charge in [0.15, 0.2) is 0 Å². The van der Waals surface area contributed by atoms with Crippen molar-refractivity contribution in [3.63, 3.8) is 0 Å². The summed E-state index contributed by atoms with van der Waals surface area (Å²) >= 11 is 0. The molecule has 0 unspecified atom stereocenters. The normalized spacial score (nSPS) is 12.9. The Hall–Kier alpha value is -1.88. The first-order valence-corrected chi connectivity index (χ1v) is 7.08. The Labute approximate surface area is 126 Å². The van der Waals surface area contributed by atoms with Gasteiger partial charge in [-0.2, -0.15) is 0 Å². The zero-order chi connectivity index (χ0) is 16.2. The van der Waals surface area contributed by atoms with Crippen LogP contribution in [-0.2, 0) is 9.59 Å². The van der Waals surface area contributed by atoms with Crippen LogP contribution in [0.5, 0.6) is 0 Å². The number of nitrogens with one attached hydrogen (secondary N) is 2. The van der Waals surface area contributed by atoms with E-state index in [2.05, 4.69) is 10.6 Å². The minimum Gasteiger partial charge on any atom is -0.326 e. The second-order valence-electron chi connectivity index (χ2n) is 6.56. The van der Waals surface area contributed by atoms with Crippen LogP contribution in [0.25, 0.3) is 0 Å². The van der Waals surface area contributed by atoms with E-state index in [1.165, 1.54) is 0 Å². The molecule has 0 aliphatic carbocycles. The molecule has 1 rings (SSSR count). The lowest BCUT2D eigenvalue weighted by Crippen LogP contribution is -2.45. The second kappa shape index (κ2) is 6.72. The third-order valence-corrected chi connectivity index (χ3v) is 3.14. The van der Waals surface area contributed by atoms with E-state index in [1.807, 2.05) is 34.6 Å². The molecular formula is C16H25N3O2. The van der Waals surface area contributed by atoms with Crippen LogP contribution in [0.4, 0.5) is 11.4 Å². The summed E-state index contributed by atoms with van der Waals surface area (Å²) in [6.07, 6.45) is 0. The highest BCUT2D eigenvalue weighted by molar-refractivity contribution is 5.97. The number of nitrogens with two attached hydrogens (primary N) is 1. The van der Waals surface area contributed by atoms with Crippen molar-refractivity contribution in [2.75, 3.05) is 10.6 Å². The summed E-state index contributed by atoms with van der Waals surface area (Å²) in [4.78, 5) is 23.7. The van der Waals surface area contributed by atoms with Crippen molar-refractivity contribution < 1.29 is 9.59 Å². The Morgan fingerprint density at radius 2 is 1.52 bits per heavy atom. The Bertz CT molecular complexity index is 518. The van der Waals surface area contributed by atoms with Crippen LogP contribution in [0.3, 0.4) is 0 Å². The molecule has 5 heteroatoms. The topological polar surface area (TPSA) is 84.2 Å². The fraction of sp³-hybridized carbons (Fsp3) is 0.500. The summed E-state index contributed by atoms with van der Waals surface area (Å²) in [5.41, 5.74) is 6.87. The zero-order valence-electron chi connectivity index (χ0n) is 13.4. The molecule has 1 aromatic rings. The van der Waals surface area contributed by atoms with Crippen LogP contribution in [0, 0.1) is 11.3 Å². The summed E-state index contributed by atoms with van der Waals surface area (Å²) in [6, 6.07) is 6.42. The average Bonchev–Trinajstić information content (AvgIpc) is 2.36. The first-order chi connectivity index (χ1) is 9.61. The van der Waals surface area contributed by atoms with Gasteiger partial charge in [0.25, 0.3) is 0 Å². The largest absolute Gasteiger partial charge is 0.326 e. The van der Waals surface area contributed by atoms with E-state index in [-0.39, 0.29) is 23.1 Å². The number of carbonyl (C=O) groups excluding carboxylic acids is 2. The molecule has 116 valence electrons. The lowest BCUT2D eigenvalue weighted by atomic mass is 9.87. The molecule has 0 aliphatic rings. The van der Waals surface area contributed by atoms with Gasteiger partial charge in [-0.1, -0.05) is 40.7 Å². The van der Waals surface area contributed by atoms with Gasteiger partial charge in [-0.05, 0) is 23.6 Å². The molecule has 0 aromatic heterocycles. The van der Waals surface area contributed by atoms with Crippen molar-refractivity contribution >= 4 is 23.2 Å². The monoisotopic (exact) mass is 291 g/mol. The Kier molecular flexibility index (Phi) is 5.49. The van der Waals surface area contributed by atoms with Gasteiger partial charge in [0.2, 0.25) is 11.8 Å². The molecule has 21 heavy (non-hydrogen) atoms. The number of benzene rings is 1. The van der Waals surface area contributed by atoms with Crippen LogP contribution in [0.2, 0.25) is 0 Å². The van der Waals surface area contributed by atoms with Crippen molar-refractivity contribution in [3.05, 3.63) is 24.3 Å². The van der Waals surface area contributed by atoms with Crippen LogP contribution < -0.4 is 16.4 Å². The lowest BCUT2D eigenvalue weighted by Gasteiger charge is -2.25. The fourth-order valence-electron chi connectivity index (χ4n) is 1.57. The molecule has 1 atom stereocenters. The number of amides is 2. The summed E-state index contributed by atoms with van der Waals surface area (Å²) in [5.74, 6) is -0.405. The van der Waals surface area contributed by atoms with E-state index in [9.17, 15) is 9.59 Å². The highest BCUT2D eigenvalue weighted by Crippen LogP contribution is 2.20. The summed E-state index contributed by atoms with van der Waals surface area (Å²) < 4.78 is 0. The van der Waals surface area contributed by atoms with Crippen molar-refractivity contribution in [1.82, 2.24) is 0 Å². The SMILES string of the molecule is CC(C)C(=O)Nc1cccc(NC(=O)[C@H](N)C(C)(C)C)c1. The molecule has 5 nitrogen and oxygen atoms in total. The molecule has 0 aliphatic heterocycles. The van der Waals surface area contributed by atoms with Crippen molar-refractivity contribution in [2.45, 2.75) is 40.7 Å². The van der Waals surface area contributed by atoms with Crippen molar-refractivity contribution in [1.29, 1.82) is 0 Å². The maximum Gasteiger partial charge on any atom is 0.241 e. The number of anilines is 2. The van der Waals surface area contributed by atoms with E-state index < -0.39 is 6.04 Å². The zero-order valence-corrected chi connectivity index (χ0v) is 13.4. The lowest BCUT2D eigenvalue weighted by molar-refractivity contribution is -0.119. The predicted octanol–water partition coefficient (Wildman–Crippen LogP) is 2.59. The van der Waals surface area contributed by atoms with Crippen LogP contribution in [0.15, 0.2) is 24.3 Å². The molecule has 1 aromatic carbocycles. The molecule has 0 saturated carbocycles. The third-order valence-electron chi connectivity index (χ3n) is 3.14. The molecule has 4 N–H and O–H groups in total. The van der Waals surface area contributed by atoms with Gasteiger partial charge in [0, 0.05) is 17.3 Å². The third kappa shape index (κ3) is 5.19. The highest BCUT2D eigenvalue weighted by Gasteiger charge is 2.27. The van der Waals surface area contributed by atoms with Crippen molar-refractivity contribution in [3.8, 4) is 0 Å². The van der Waals surface area contributed by atoms with Gasteiger partial charge in [-0.3, -0.25) is 9.59 Å². The average molecular weight is 291 g/mol. The number of carbonyl (C=O) groups is 2. The van der Waals surface area contributed by atoms with Gasteiger partial charge in [-0.25, -0.2) is 0 Å². The minimum atomic E-state index is -0.605. The van der Waals surface area contributed by atoms with Crippen LogP contribution >= 0.6 is 0 Å². The maximum atomic E-state index is 12.1. The smallest absolute Gasteiger partial charge is 0.241 e. The van der Waals surface area contributed by atoms with Gasteiger partial charge in [-0.15, -0.1) is 0 Å². The number of rotatable bonds is 4. The molecule has 0 saturated heterocycles. The standard InChI is InChI=1S/C16H25N3O2/c1-10(2)14(20)18-11-7-6-8-12(9-11)19-15(21)13(17)16(3,4)5/h6-10,13H,17H2,1-5H3,(H,18,20)(H,19,21)/t13-/m0/s1. The molecule has 0 spiro atoms. The molecule has 0 heterocycles. The Morgan fingerprint density at radius 1 is 1.05 bits per heavy atom. The first-order valence-electron chi connectivity index (χ1n) is 7.08. The molecule has 2 amide bonds. The number of hydrogen-bond acceptors (Lipinski definition) is 3. The first kappa shape index (κ1) is 17.2. The summed E-state index contributed by atoms with van der Waals surface area (Å²) in [6.45, 7) is 9.39. The van der Waals surface area contributed by atoms with Crippen molar-refractivity contribution in [2.24, 2.45) is 17.1 Å². The molecule has 0 radical (unpaired) electrons. The Morgan fingerprint density at radius 3 is 1.95 bits per heavy atom. The summed E-state index contributed by atoms with van der Waals surface area (Å²) in [5, 5.41) is 5.57. The minimum absolute atomic E-state index is 0.0649. The highest BCUT2D eigenvalue weighted by atomic mass is 16.2. The molecule has 0 fully saturated rings. The van der Waals surface area contributed by atoms with E-state index in [0.717, 1.165) is 0 Å². The van der Waals surface area contributed by atoms with Gasteiger partial charge in [0.1, 0.15) is 0 Å². The van der Waals surface area contributed by atoms with E-state index in [0.29, 0.717) is 11.4 Å². The van der Waals surface area contributed by atoms with Gasteiger partial charge >= 0.3 is 0 Å². The van der Waals surface area contributed by atoms with E-state index in [1.54, 1.807) is 24.3 Å². The number of hydrogen-bond donors (Lipinski definition) is 3. The molecular weight excluding hydrogens is 266 g/mol. The maximum absolute atomic E-state index is 12.1. The van der Waals surface area contributed by atoms with Gasteiger partial charge in [0.05, 0.1) is 6.04 Å². The van der Waals surface area contributed by atoms with E-state index in [4.69, 9.17) is 5.73 Å². The fourth-order valence-corrected chi connectivity index (χ4v) is 1.57. The van der Waals surface area contributed by atoms with Crippen LogP contribution in [0.1, 0.15) is 34.6 Å². The summed E-state index contributed by atoms with van der Waals surface area (Å²) in [7, 11) is 0. The van der Waals surface area contributed by atoms with E-state index >= 15 is 0 Å². The molecule has 0 bridgehead atoms. The van der Waals surface area contributed by atoms with Crippen LogP contribution in [-0.4, -0.2) is 17.9 Å². The quantitative estimate of drug-likeness (QED) is 0.797.